The number of nitrogens with one attached hydrogen (secondary N) is 1. The summed E-state index contributed by atoms with van der Waals surface area (Å²) in [6.07, 6.45) is 7.15. The van der Waals surface area contributed by atoms with Gasteiger partial charge in [0.05, 0.1) is 0 Å². The minimum Gasteiger partial charge on any atom is -0.378 e. The number of aryl methyl sites for hydroxylation is 1. The predicted molar refractivity (Wildman–Crippen MR) is 72.1 cm³/mol. The van der Waals surface area contributed by atoms with Crippen molar-refractivity contribution in [1.82, 2.24) is 0 Å². The lowest BCUT2D eigenvalue weighted by molar-refractivity contribution is -0.413. The molecule has 0 amide bonds. The summed E-state index contributed by atoms with van der Waals surface area (Å²) >= 11 is 0. The fourth-order valence-corrected chi connectivity index (χ4v) is 1.59. The van der Waals surface area contributed by atoms with Crippen LogP contribution in [0.4, 0.5) is 5.69 Å². The topological polar surface area (TPSA) is 17.2 Å². The Hall–Kier alpha value is -1.57. The van der Waals surface area contributed by atoms with Crippen LogP contribution in [0.15, 0.2) is 24.3 Å². The smallest absolute Gasteiger partial charge is 0.161 e. The lowest BCUT2D eigenvalue weighted by Gasteiger charge is -2.14. The summed E-state index contributed by atoms with van der Waals surface area (Å²) in [5.41, 5.74) is 3.93. The summed E-state index contributed by atoms with van der Waals surface area (Å²) in [4.78, 5) is 5.12. The van der Waals surface area contributed by atoms with Gasteiger partial charge in [0.1, 0.15) is 7.05 Å². The van der Waals surface area contributed by atoms with Gasteiger partial charge in [-0.3, -0.25) is 4.99 Å². The molecule has 2 nitrogen and oxygen atoms in total. The molecule has 1 N–H and O–H groups in total. The molecular weight excluding hydrogens is 196 g/mol. The lowest BCUT2D eigenvalue weighted by atomic mass is 10.0. The Labute approximate surface area is 98.3 Å². The third kappa shape index (κ3) is 3.23. The highest BCUT2D eigenvalue weighted by atomic mass is 15.1. The molecule has 0 aliphatic carbocycles. The van der Waals surface area contributed by atoms with Crippen LogP contribution < -0.4 is 9.89 Å². The van der Waals surface area contributed by atoms with Crippen molar-refractivity contribution in [3.63, 3.8) is 0 Å². The van der Waals surface area contributed by atoms with Gasteiger partial charge in [0.2, 0.25) is 0 Å². The SMILES string of the molecule is CCc1cc(N(C)C)ccc1C=CC=[NH+]C. The highest BCUT2D eigenvalue weighted by Gasteiger charge is 2.01. The van der Waals surface area contributed by atoms with E-state index in [1.165, 1.54) is 16.8 Å². The van der Waals surface area contributed by atoms with Crippen molar-refractivity contribution in [3.8, 4) is 0 Å². The van der Waals surface area contributed by atoms with Crippen molar-refractivity contribution in [2.24, 2.45) is 0 Å². The van der Waals surface area contributed by atoms with E-state index in [9.17, 15) is 0 Å². The van der Waals surface area contributed by atoms with E-state index < -0.39 is 0 Å². The van der Waals surface area contributed by atoms with Gasteiger partial charge < -0.3 is 4.90 Å². The highest BCUT2D eigenvalue weighted by Crippen LogP contribution is 2.19. The van der Waals surface area contributed by atoms with E-state index in [0.717, 1.165) is 6.42 Å². The monoisotopic (exact) mass is 217 g/mol. The molecule has 0 spiro atoms. The molecule has 1 aromatic carbocycles. The van der Waals surface area contributed by atoms with Crippen LogP contribution in [0.2, 0.25) is 0 Å². The zero-order chi connectivity index (χ0) is 12.0. The number of benzene rings is 1. The molecule has 0 unspecified atom stereocenters. The van der Waals surface area contributed by atoms with Gasteiger partial charge in [-0.1, -0.05) is 13.0 Å². The third-order valence-electron chi connectivity index (χ3n) is 2.56. The molecule has 0 saturated heterocycles. The number of rotatable bonds is 4. The Morgan fingerprint density at radius 2 is 2.06 bits per heavy atom. The first kappa shape index (κ1) is 12.5. The molecule has 0 bridgehead atoms. The molecule has 2 heteroatoms. The van der Waals surface area contributed by atoms with Crippen LogP contribution >= 0.6 is 0 Å². The molecule has 1 aromatic rings. The molecule has 16 heavy (non-hydrogen) atoms. The van der Waals surface area contributed by atoms with E-state index in [1.54, 1.807) is 0 Å². The zero-order valence-corrected chi connectivity index (χ0v) is 10.6. The summed E-state index contributed by atoms with van der Waals surface area (Å²) in [6.45, 7) is 2.19. The van der Waals surface area contributed by atoms with E-state index in [0.29, 0.717) is 0 Å². The second-order valence-corrected chi connectivity index (χ2v) is 3.95. The summed E-state index contributed by atoms with van der Waals surface area (Å²) < 4.78 is 0. The second-order valence-electron chi connectivity index (χ2n) is 3.95. The van der Waals surface area contributed by atoms with Crippen molar-refractivity contribution in [3.05, 3.63) is 35.4 Å². The zero-order valence-electron chi connectivity index (χ0n) is 10.6. The maximum absolute atomic E-state index is 2.98. The van der Waals surface area contributed by atoms with E-state index >= 15 is 0 Å². The third-order valence-corrected chi connectivity index (χ3v) is 2.56. The average molecular weight is 217 g/mol. The van der Waals surface area contributed by atoms with E-state index in [1.807, 2.05) is 19.3 Å². The molecule has 0 aromatic heterocycles. The van der Waals surface area contributed by atoms with Gasteiger partial charge >= 0.3 is 0 Å². The Morgan fingerprint density at radius 3 is 2.62 bits per heavy atom. The largest absolute Gasteiger partial charge is 0.378 e. The van der Waals surface area contributed by atoms with Crippen molar-refractivity contribution < 1.29 is 4.99 Å². The molecule has 0 aliphatic rings. The number of hydrogen-bond donors (Lipinski definition) is 1. The summed E-state index contributed by atoms with van der Waals surface area (Å²) in [7, 11) is 6.04. The highest BCUT2D eigenvalue weighted by molar-refractivity contribution is 5.75. The molecular formula is C14H21N2+. The molecule has 86 valence electrons. The Morgan fingerprint density at radius 1 is 1.31 bits per heavy atom. The number of anilines is 1. The Balaban J connectivity index is 3.02. The van der Waals surface area contributed by atoms with Crippen LogP contribution in [0.3, 0.4) is 0 Å². The first-order chi connectivity index (χ1) is 7.69. The Kier molecular flexibility index (Phi) is 4.77. The summed E-state index contributed by atoms with van der Waals surface area (Å²) in [5.74, 6) is 0. The first-order valence-electron chi connectivity index (χ1n) is 5.66. The average Bonchev–Trinajstić information content (AvgIpc) is 2.29. The molecule has 0 heterocycles. The number of allylic oxidation sites excluding steroid dienone is 1. The molecule has 0 saturated carbocycles. The number of hydrogen-bond acceptors (Lipinski definition) is 1. The fraction of sp³-hybridized carbons (Fsp3) is 0.357. The maximum atomic E-state index is 2.98. The summed E-state index contributed by atoms with van der Waals surface area (Å²) in [5, 5.41) is 0. The minimum atomic E-state index is 1.06. The fourth-order valence-electron chi connectivity index (χ4n) is 1.59. The van der Waals surface area contributed by atoms with Crippen LogP contribution in [0.5, 0.6) is 0 Å². The minimum absolute atomic E-state index is 1.06. The van der Waals surface area contributed by atoms with E-state index in [2.05, 4.69) is 55.2 Å². The number of nitrogens with zero attached hydrogens (tertiary/aromatic N) is 1. The molecule has 0 radical (unpaired) electrons. The van der Waals surface area contributed by atoms with Gasteiger partial charge in [-0.25, -0.2) is 0 Å². The molecule has 1 rings (SSSR count). The van der Waals surface area contributed by atoms with Crippen LogP contribution in [0, 0.1) is 0 Å². The van der Waals surface area contributed by atoms with Crippen LogP contribution in [0.1, 0.15) is 18.1 Å². The van der Waals surface area contributed by atoms with Gasteiger partial charge in [-0.15, -0.1) is 0 Å². The van der Waals surface area contributed by atoms with Gasteiger partial charge in [0, 0.05) is 25.9 Å². The van der Waals surface area contributed by atoms with E-state index in [-0.39, 0.29) is 0 Å². The Bertz CT molecular complexity index is 390. The van der Waals surface area contributed by atoms with Gasteiger partial charge in [-0.05, 0) is 35.8 Å². The second kappa shape index (κ2) is 6.11. The molecule has 0 atom stereocenters. The van der Waals surface area contributed by atoms with Gasteiger partial charge in [0.15, 0.2) is 6.21 Å². The van der Waals surface area contributed by atoms with Crippen molar-refractivity contribution in [2.75, 3.05) is 26.0 Å². The molecule has 0 fully saturated rings. The normalized spacial score (nSPS) is 11.5. The quantitative estimate of drug-likeness (QED) is 0.748. The maximum Gasteiger partial charge on any atom is 0.161 e. The molecule has 0 aliphatic heterocycles. The lowest BCUT2D eigenvalue weighted by Crippen LogP contribution is -2.62. The first-order valence-corrected chi connectivity index (χ1v) is 5.66. The van der Waals surface area contributed by atoms with E-state index in [4.69, 9.17) is 0 Å². The van der Waals surface area contributed by atoms with Crippen LogP contribution in [-0.2, 0) is 6.42 Å². The predicted octanol–water partition coefficient (Wildman–Crippen LogP) is 1.11. The van der Waals surface area contributed by atoms with Crippen molar-refractivity contribution in [2.45, 2.75) is 13.3 Å². The van der Waals surface area contributed by atoms with Gasteiger partial charge in [-0.2, -0.15) is 0 Å². The van der Waals surface area contributed by atoms with Crippen LogP contribution in [0.25, 0.3) is 6.08 Å². The van der Waals surface area contributed by atoms with Crippen molar-refractivity contribution >= 4 is 18.0 Å². The standard InChI is InChI=1S/C14H20N2/c1-5-12-11-14(16(3)4)9-8-13(12)7-6-10-15-2/h6-11H,5H2,1-4H3/p+1. The van der Waals surface area contributed by atoms with Gasteiger partial charge in [0.25, 0.3) is 0 Å². The van der Waals surface area contributed by atoms with Crippen molar-refractivity contribution in [1.29, 1.82) is 0 Å². The van der Waals surface area contributed by atoms with Crippen LogP contribution in [-0.4, -0.2) is 27.4 Å². The summed E-state index contributed by atoms with van der Waals surface area (Å²) in [6, 6.07) is 6.57.